The second-order valence-corrected chi connectivity index (χ2v) is 6.77. The Hall–Kier alpha value is -3.36. The maximum Gasteiger partial charge on any atom is 0.261 e. The van der Waals surface area contributed by atoms with Crippen molar-refractivity contribution in [2.75, 3.05) is 26.3 Å². The van der Waals surface area contributed by atoms with Crippen molar-refractivity contribution < 1.29 is 29.4 Å². The highest BCUT2D eigenvalue weighted by atomic mass is 16.3. The lowest BCUT2D eigenvalue weighted by Crippen LogP contribution is -2.31. The van der Waals surface area contributed by atoms with Crippen molar-refractivity contribution in [2.24, 2.45) is 0 Å². The molecule has 0 radical (unpaired) electrons. The van der Waals surface area contributed by atoms with E-state index < -0.39 is 0 Å². The van der Waals surface area contributed by atoms with E-state index in [1.807, 2.05) is 0 Å². The van der Waals surface area contributed by atoms with Crippen molar-refractivity contribution in [1.29, 1.82) is 0 Å². The zero-order valence-electron chi connectivity index (χ0n) is 16.3. The molecule has 0 fully saturated rings. The molecule has 4 amide bonds. The van der Waals surface area contributed by atoms with Crippen molar-refractivity contribution in [1.82, 2.24) is 9.80 Å². The fourth-order valence-corrected chi connectivity index (χ4v) is 3.34. The van der Waals surface area contributed by atoms with E-state index in [4.69, 9.17) is 10.2 Å². The second kappa shape index (κ2) is 9.43. The first-order valence-corrected chi connectivity index (χ1v) is 9.63. The number of nitrogens with zero attached hydrogens (tertiary/aromatic N) is 2. The first-order chi connectivity index (χ1) is 14.5. The van der Waals surface area contributed by atoms with Crippen LogP contribution in [0.4, 0.5) is 0 Å². The van der Waals surface area contributed by atoms with Gasteiger partial charge in [0, 0.05) is 26.3 Å². The number of carbonyl (C=O) groups excluding carboxylic acids is 4. The minimum Gasteiger partial charge on any atom is -0.396 e. The Balaban J connectivity index is 0.000000171. The highest BCUT2D eigenvalue weighted by Gasteiger charge is 2.35. The molecule has 4 rings (SSSR count). The average molecular weight is 410 g/mol. The number of aliphatic hydroxyl groups is 2. The standard InChI is InChI=1S/2C11H11NO3/c2*13-7-3-6-12-10(14)8-4-1-2-5-9(8)11(12)15/h2*1-2,4-5,13H,3,6-7H2. The Labute approximate surface area is 173 Å². The quantitative estimate of drug-likeness (QED) is 0.695. The van der Waals surface area contributed by atoms with Gasteiger partial charge < -0.3 is 10.2 Å². The van der Waals surface area contributed by atoms with Crippen LogP contribution in [0.1, 0.15) is 54.3 Å². The summed E-state index contributed by atoms with van der Waals surface area (Å²) in [6, 6.07) is 13.5. The molecule has 156 valence electrons. The molecule has 2 aromatic carbocycles. The van der Waals surface area contributed by atoms with Crippen LogP contribution in [0.3, 0.4) is 0 Å². The van der Waals surface area contributed by atoms with E-state index in [0.717, 1.165) is 0 Å². The summed E-state index contributed by atoms with van der Waals surface area (Å²) in [6.45, 7) is 0.520. The molecule has 2 aliphatic heterocycles. The lowest BCUT2D eigenvalue weighted by Gasteiger charge is -2.11. The van der Waals surface area contributed by atoms with Gasteiger partial charge in [-0.1, -0.05) is 24.3 Å². The number of fused-ring (bicyclic) bond motifs is 2. The summed E-state index contributed by atoms with van der Waals surface area (Å²) < 4.78 is 0. The molecule has 0 bridgehead atoms. The van der Waals surface area contributed by atoms with Gasteiger partial charge in [-0.2, -0.15) is 0 Å². The van der Waals surface area contributed by atoms with E-state index in [1.54, 1.807) is 48.5 Å². The van der Waals surface area contributed by atoms with Gasteiger partial charge in [0.25, 0.3) is 23.6 Å². The number of aliphatic hydroxyl groups excluding tert-OH is 2. The molecule has 0 spiro atoms. The third-order valence-electron chi connectivity index (χ3n) is 4.84. The first kappa shape index (κ1) is 21.4. The Kier molecular flexibility index (Phi) is 6.71. The van der Waals surface area contributed by atoms with Crippen LogP contribution in [0.5, 0.6) is 0 Å². The van der Waals surface area contributed by atoms with Crippen LogP contribution in [0, 0.1) is 0 Å². The molecule has 8 heteroatoms. The van der Waals surface area contributed by atoms with Crippen LogP contribution < -0.4 is 0 Å². The highest BCUT2D eigenvalue weighted by molar-refractivity contribution is 6.22. The molecule has 8 nitrogen and oxygen atoms in total. The number of hydrogen-bond donors (Lipinski definition) is 2. The Morgan fingerprint density at radius 2 is 0.800 bits per heavy atom. The monoisotopic (exact) mass is 410 g/mol. The second-order valence-electron chi connectivity index (χ2n) is 6.77. The van der Waals surface area contributed by atoms with Crippen LogP contribution in [0.25, 0.3) is 0 Å². The Bertz CT molecular complexity index is 838. The smallest absolute Gasteiger partial charge is 0.261 e. The van der Waals surface area contributed by atoms with E-state index in [2.05, 4.69) is 0 Å². The predicted octanol–water partition coefficient (Wildman–Crippen LogP) is 1.33. The lowest BCUT2D eigenvalue weighted by atomic mass is 10.1. The molecule has 0 saturated carbocycles. The minimum absolute atomic E-state index is 0.0204. The van der Waals surface area contributed by atoms with Gasteiger partial charge in [-0.25, -0.2) is 0 Å². The van der Waals surface area contributed by atoms with Crippen LogP contribution in [-0.2, 0) is 0 Å². The van der Waals surface area contributed by atoms with Gasteiger partial charge in [0.2, 0.25) is 0 Å². The lowest BCUT2D eigenvalue weighted by molar-refractivity contribution is 0.0629. The SMILES string of the molecule is O=C1c2ccccc2C(=O)N1CCCO.O=C1c2ccccc2C(=O)N1CCCO. The number of imide groups is 2. The molecule has 0 aliphatic carbocycles. The predicted molar refractivity (Wildman–Crippen MR) is 107 cm³/mol. The normalized spacial score (nSPS) is 14.6. The molecule has 0 unspecified atom stereocenters. The number of benzene rings is 2. The Morgan fingerprint density at radius 3 is 1.03 bits per heavy atom. The number of hydrogen-bond acceptors (Lipinski definition) is 6. The molecular weight excluding hydrogens is 388 g/mol. The van der Waals surface area contributed by atoms with Crippen molar-refractivity contribution in [2.45, 2.75) is 12.8 Å². The number of rotatable bonds is 6. The Morgan fingerprint density at radius 1 is 0.533 bits per heavy atom. The zero-order valence-corrected chi connectivity index (χ0v) is 16.3. The number of amides is 4. The fourth-order valence-electron chi connectivity index (χ4n) is 3.34. The highest BCUT2D eigenvalue weighted by Crippen LogP contribution is 2.23. The van der Waals surface area contributed by atoms with Gasteiger partial charge in [-0.3, -0.25) is 29.0 Å². The van der Waals surface area contributed by atoms with Gasteiger partial charge in [0.15, 0.2) is 0 Å². The first-order valence-electron chi connectivity index (χ1n) is 9.63. The summed E-state index contributed by atoms with van der Waals surface area (Å²) >= 11 is 0. The third kappa shape index (κ3) is 4.00. The summed E-state index contributed by atoms with van der Waals surface area (Å²) in [5.74, 6) is -1.04. The van der Waals surface area contributed by atoms with Gasteiger partial charge in [0.05, 0.1) is 22.3 Å². The van der Waals surface area contributed by atoms with Crippen LogP contribution in [-0.4, -0.2) is 69.9 Å². The average Bonchev–Trinajstić information content (AvgIpc) is 3.16. The van der Waals surface area contributed by atoms with Crippen LogP contribution in [0.15, 0.2) is 48.5 Å². The summed E-state index contributed by atoms with van der Waals surface area (Å²) in [5, 5.41) is 17.3. The van der Waals surface area contributed by atoms with E-state index >= 15 is 0 Å². The maximum atomic E-state index is 11.7. The summed E-state index contributed by atoms with van der Waals surface area (Å²) in [5.41, 5.74) is 1.83. The molecule has 0 atom stereocenters. The van der Waals surface area contributed by atoms with Gasteiger partial charge in [-0.15, -0.1) is 0 Å². The van der Waals surface area contributed by atoms with E-state index in [1.165, 1.54) is 9.80 Å². The molecule has 2 aliphatic rings. The van der Waals surface area contributed by atoms with Crippen molar-refractivity contribution in [3.63, 3.8) is 0 Å². The van der Waals surface area contributed by atoms with Crippen molar-refractivity contribution in [3.8, 4) is 0 Å². The van der Waals surface area contributed by atoms with Gasteiger partial charge >= 0.3 is 0 Å². The topological polar surface area (TPSA) is 115 Å². The molecule has 30 heavy (non-hydrogen) atoms. The van der Waals surface area contributed by atoms with E-state index in [0.29, 0.717) is 35.1 Å². The fraction of sp³-hybridized carbons (Fsp3) is 0.273. The minimum atomic E-state index is -0.260. The van der Waals surface area contributed by atoms with Gasteiger partial charge in [-0.05, 0) is 37.1 Å². The molecule has 0 aromatic heterocycles. The third-order valence-corrected chi connectivity index (χ3v) is 4.84. The summed E-state index contributed by atoms with van der Waals surface area (Å²) in [4.78, 5) is 49.3. The van der Waals surface area contributed by atoms with E-state index in [9.17, 15) is 19.2 Å². The van der Waals surface area contributed by atoms with Crippen LogP contribution >= 0.6 is 0 Å². The summed E-state index contributed by atoms with van der Waals surface area (Å²) in [7, 11) is 0. The molecule has 2 N–H and O–H groups in total. The van der Waals surface area contributed by atoms with Crippen LogP contribution in [0.2, 0.25) is 0 Å². The molecule has 2 heterocycles. The number of carbonyl (C=O) groups is 4. The van der Waals surface area contributed by atoms with Crippen molar-refractivity contribution >= 4 is 23.6 Å². The van der Waals surface area contributed by atoms with Crippen molar-refractivity contribution in [3.05, 3.63) is 70.8 Å². The maximum absolute atomic E-state index is 11.7. The molecular formula is C22H22N2O6. The van der Waals surface area contributed by atoms with E-state index in [-0.39, 0.29) is 49.9 Å². The molecule has 2 aromatic rings. The summed E-state index contributed by atoms with van der Waals surface area (Å²) in [6.07, 6.45) is 0.844. The van der Waals surface area contributed by atoms with Gasteiger partial charge in [0.1, 0.15) is 0 Å². The zero-order chi connectivity index (χ0) is 21.7. The molecule has 0 saturated heterocycles. The largest absolute Gasteiger partial charge is 0.396 e.